The molecule has 3 N–H and O–H groups in total. The van der Waals surface area contributed by atoms with Gasteiger partial charge < -0.3 is 15.7 Å². The summed E-state index contributed by atoms with van der Waals surface area (Å²) in [6.45, 7) is 7.29. The summed E-state index contributed by atoms with van der Waals surface area (Å²) in [5.74, 6) is -1.18. The van der Waals surface area contributed by atoms with Crippen molar-refractivity contribution in [3.63, 3.8) is 0 Å². The maximum Gasteiger partial charge on any atom is 0.330 e. The van der Waals surface area contributed by atoms with Crippen molar-refractivity contribution in [3.05, 3.63) is 17.5 Å². The molecule has 7 nitrogen and oxygen atoms in total. The molecule has 1 amide bonds. The average Bonchev–Trinajstić information content (AvgIpc) is 3.05. The summed E-state index contributed by atoms with van der Waals surface area (Å²) in [5.41, 5.74) is 0.0161. The zero-order valence-electron chi connectivity index (χ0n) is 12.6. The summed E-state index contributed by atoms with van der Waals surface area (Å²) < 4.78 is 1.61. The third-order valence-corrected chi connectivity index (χ3v) is 3.84. The fourth-order valence-corrected chi connectivity index (χ4v) is 2.46. The van der Waals surface area contributed by atoms with Crippen molar-refractivity contribution in [1.82, 2.24) is 20.4 Å². The molecule has 0 spiro atoms. The lowest BCUT2D eigenvalue weighted by Gasteiger charge is -2.24. The molecule has 0 bridgehead atoms. The average molecular weight is 294 g/mol. The molecule has 116 valence electrons. The van der Waals surface area contributed by atoms with Gasteiger partial charge in [0.15, 0.2) is 5.54 Å². The number of rotatable bonds is 5. The van der Waals surface area contributed by atoms with E-state index in [-0.39, 0.29) is 18.4 Å². The van der Waals surface area contributed by atoms with E-state index in [4.69, 9.17) is 0 Å². The minimum atomic E-state index is -1.22. The van der Waals surface area contributed by atoms with E-state index in [0.29, 0.717) is 25.2 Å². The number of aromatic nitrogens is 2. The lowest BCUT2D eigenvalue weighted by molar-refractivity contribution is -0.143. The second-order valence-corrected chi connectivity index (χ2v) is 5.69. The molecule has 1 fully saturated rings. The monoisotopic (exact) mass is 294 g/mol. The first kappa shape index (κ1) is 15.5. The van der Waals surface area contributed by atoms with Gasteiger partial charge in [-0.25, -0.2) is 4.79 Å². The molecule has 0 radical (unpaired) electrons. The van der Waals surface area contributed by atoms with Gasteiger partial charge in [0.2, 0.25) is 0 Å². The van der Waals surface area contributed by atoms with Crippen molar-refractivity contribution in [2.24, 2.45) is 0 Å². The van der Waals surface area contributed by atoms with E-state index in [1.54, 1.807) is 10.7 Å². The van der Waals surface area contributed by atoms with Crippen LogP contribution in [0, 0.1) is 0 Å². The zero-order valence-corrected chi connectivity index (χ0v) is 12.6. The predicted octanol–water partition coefficient (Wildman–Crippen LogP) is 0.573. The number of aryl methyl sites for hydroxylation is 1. The molecule has 0 aromatic carbocycles. The smallest absolute Gasteiger partial charge is 0.330 e. The number of carbonyl (C=O) groups excluding carboxylic acids is 1. The van der Waals surface area contributed by atoms with Crippen LogP contribution in [-0.4, -0.2) is 45.4 Å². The number of carbonyl (C=O) groups is 2. The minimum Gasteiger partial charge on any atom is -0.479 e. The van der Waals surface area contributed by atoms with Gasteiger partial charge in [0.05, 0.1) is 5.69 Å². The largest absolute Gasteiger partial charge is 0.479 e. The Morgan fingerprint density at radius 2 is 2.29 bits per heavy atom. The van der Waals surface area contributed by atoms with Gasteiger partial charge in [-0.3, -0.25) is 9.48 Å². The van der Waals surface area contributed by atoms with Gasteiger partial charge in [-0.15, -0.1) is 0 Å². The summed E-state index contributed by atoms with van der Waals surface area (Å²) in [7, 11) is 0. The van der Waals surface area contributed by atoms with Crippen LogP contribution >= 0.6 is 0 Å². The number of carboxylic acids is 1. The second kappa shape index (κ2) is 5.85. The molecule has 21 heavy (non-hydrogen) atoms. The molecule has 0 aliphatic carbocycles. The van der Waals surface area contributed by atoms with Gasteiger partial charge in [0, 0.05) is 13.1 Å². The highest BCUT2D eigenvalue weighted by Gasteiger charge is 2.43. The Morgan fingerprint density at radius 3 is 2.76 bits per heavy atom. The number of amides is 1. The minimum absolute atomic E-state index is 0.214. The Kier molecular flexibility index (Phi) is 4.32. The summed E-state index contributed by atoms with van der Waals surface area (Å²) in [5, 5.41) is 19.4. The SMILES string of the molecule is CCn1nc(C(C)C)cc1C(=O)N[C@]1(C(=O)O)CCNC1. The number of aliphatic carboxylic acids is 1. The maximum absolute atomic E-state index is 12.5. The van der Waals surface area contributed by atoms with Crippen LogP contribution in [0.25, 0.3) is 0 Å². The summed E-state index contributed by atoms with van der Waals surface area (Å²) in [4.78, 5) is 23.9. The summed E-state index contributed by atoms with van der Waals surface area (Å²) in [6.07, 6.45) is 0.380. The molecule has 1 atom stereocenters. The molecule has 0 saturated carbocycles. The Hall–Kier alpha value is -1.89. The Balaban J connectivity index is 2.25. The maximum atomic E-state index is 12.5. The normalized spacial score (nSPS) is 21.7. The van der Waals surface area contributed by atoms with Crippen LogP contribution in [-0.2, 0) is 11.3 Å². The van der Waals surface area contributed by atoms with Gasteiger partial charge in [-0.05, 0) is 31.9 Å². The third kappa shape index (κ3) is 2.92. The highest BCUT2D eigenvalue weighted by atomic mass is 16.4. The standard InChI is InChI=1S/C14H22N4O3/c1-4-18-11(7-10(17-18)9(2)3)12(19)16-14(13(20)21)5-6-15-8-14/h7,9,15H,4-6,8H2,1-3H3,(H,16,19)(H,20,21)/t14-/m1/s1. The van der Waals surface area contributed by atoms with Crippen LogP contribution in [0.2, 0.25) is 0 Å². The number of nitrogens with zero attached hydrogens (tertiary/aromatic N) is 2. The first-order valence-corrected chi connectivity index (χ1v) is 7.24. The number of carboxylic acid groups (broad SMARTS) is 1. The Bertz CT molecular complexity index is 544. The van der Waals surface area contributed by atoms with Gasteiger partial charge in [0.25, 0.3) is 5.91 Å². The molecule has 1 aliphatic rings. The Labute approximate surface area is 123 Å². The van der Waals surface area contributed by atoms with Crippen LogP contribution in [0.15, 0.2) is 6.07 Å². The predicted molar refractivity (Wildman–Crippen MR) is 77.3 cm³/mol. The number of nitrogens with one attached hydrogen (secondary N) is 2. The topological polar surface area (TPSA) is 96.2 Å². The number of hydrogen-bond acceptors (Lipinski definition) is 4. The van der Waals surface area contributed by atoms with Crippen LogP contribution in [0.3, 0.4) is 0 Å². The van der Waals surface area contributed by atoms with Gasteiger partial charge in [-0.1, -0.05) is 13.8 Å². The van der Waals surface area contributed by atoms with Crippen LogP contribution in [0.1, 0.15) is 49.3 Å². The van der Waals surface area contributed by atoms with Crippen molar-refractivity contribution >= 4 is 11.9 Å². The van der Waals surface area contributed by atoms with Gasteiger partial charge >= 0.3 is 5.97 Å². The van der Waals surface area contributed by atoms with E-state index in [2.05, 4.69) is 15.7 Å². The van der Waals surface area contributed by atoms with Crippen molar-refractivity contribution in [2.75, 3.05) is 13.1 Å². The fraction of sp³-hybridized carbons (Fsp3) is 0.643. The van der Waals surface area contributed by atoms with E-state index < -0.39 is 11.5 Å². The molecule has 7 heteroatoms. The number of hydrogen-bond donors (Lipinski definition) is 3. The van der Waals surface area contributed by atoms with Gasteiger partial charge in [0.1, 0.15) is 5.69 Å². The summed E-state index contributed by atoms with van der Waals surface area (Å²) in [6, 6.07) is 1.74. The first-order valence-electron chi connectivity index (χ1n) is 7.24. The molecule has 2 heterocycles. The lowest BCUT2D eigenvalue weighted by atomic mass is 9.98. The van der Waals surface area contributed by atoms with Gasteiger partial charge in [-0.2, -0.15) is 5.10 Å². The molecule has 1 saturated heterocycles. The van der Waals surface area contributed by atoms with Crippen molar-refractivity contribution < 1.29 is 14.7 Å². The lowest BCUT2D eigenvalue weighted by Crippen LogP contribution is -2.56. The molecular weight excluding hydrogens is 272 g/mol. The highest BCUT2D eigenvalue weighted by Crippen LogP contribution is 2.18. The second-order valence-electron chi connectivity index (χ2n) is 5.69. The van der Waals surface area contributed by atoms with E-state index >= 15 is 0 Å². The highest BCUT2D eigenvalue weighted by molar-refractivity contribution is 5.97. The molecule has 1 aliphatic heterocycles. The zero-order chi connectivity index (χ0) is 15.6. The summed E-state index contributed by atoms with van der Waals surface area (Å²) >= 11 is 0. The van der Waals surface area contributed by atoms with E-state index in [0.717, 1.165) is 5.69 Å². The van der Waals surface area contributed by atoms with Crippen molar-refractivity contribution in [3.8, 4) is 0 Å². The quantitative estimate of drug-likeness (QED) is 0.738. The van der Waals surface area contributed by atoms with Crippen molar-refractivity contribution in [1.29, 1.82) is 0 Å². The molecule has 1 aromatic heterocycles. The van der Waals surface area contributed by atoms with Crippen LogP contribution in [0.5, 0.6) is 0 Å². The van der Waals surface area contributed by atoms with Crippen LogP contribution in [0.4, 0.5) is 0 Å². The third-order valence-electron chi connectivity index (χ3n) is 3.84. The fourth-order valence-electron chi connectivity index (χ4n) is 2.46. The molecular formula is C14H22N4O3. The van der Waals surface area contributed by atoms with E-state index in [9.17, 15) is 14.7 Å². The molecule has 1 aromatic rings. The van der Waals surface area contributed by atoms with E-state index in [1.165, 1.54) is 0 Å². The van der Waals surface area contributed by atoms with Crippen LogP contribution < -0.4 is 10.6 Å². The van der Waals surface area contributed by atoms with E-state index in [1.807, 2.05) is 20.8 Å². The first-order chi connectivity index (χ1) is 9.89. The van der Waals surface area contributed by atoms with Crippen molar-refractivity contribution in [2.45, 2.75) is 45.2 Å². The molecule has 0 unspecified atom stereocenters. The Morgan fingerprint density at radius 1 is 1.57 bits per heavy atom. The molecule has 2 rings (SSSR count).